The van der Waals surface area contributed by atoms with Gasteiger partial charge in [0.15, 0.2) is 0 Å². The molecular weight excluding hydrogens is 314 g/mol. The summed E-state index contributed by atoms with van der Waals surface area (Å²) in [6, 6.07) is 15.0. The summed E-state index contributed by atoms with van der Waals surface area (Å²) < 4.78 is 0. The maximum atomic E-state index is 11.9. The molecule has 128 valence electrons. The standard InChI is InChI=1S/C21H27NOS/c1-16-5-4-6-20(13-16)15-24-12-11-22-21(23)10-9-19-8-7-17(2)18(3)14-19/h4-8,13-14H,9-12,15H2,1-3H3,(H,22,23). The molecule has 0 spiro atoms. The number of carbonyl (C=O) groups excluding carboxylic acids is 1. The zero-order valence-corrected chi connectivity index (χ0v) is 15.7. The number of benzene rings is 2. The maximum absolute atomic E-state index is 11.9. The molecule has 0 aliphatic carbocycles. The highest BCUT2D eigenvalue weighted by Gasteiger charge is 2.03. The molecule has 3 heteroatoms. The minimum absolute atomic E-state index is 0.143. The van der Waals surface area contributed by atoms with Crippen LogP contribution in [0.15, 0.2) is 42.5 Å². The topological polar surface area (TPSA) is 29.1 Å². The van der Waals surface area contributed by atoms with Gasteiger partial charge in [0.25, 0.3) is 0 Å². The summed E-state index contributed by atoms with van der Waals surface area (Å²) >= 11 is 1.86. The summed E-state index contributed by atoms with van der Waals surface area (Å²) in [6.07, 6.45) is 1.37. The molecule has 1 amide bonds. The molecule has 0 saturated carbocycles. The van der Waals surface area contributed by atoms with E-state index in [1.807, 2.05) is 11.8 Å². The first kappa shape index (κ1) is 18.6. The van der Waals surface area contributed by atoms with Crippen molar-refractivity contribution < 1.29 is 4.79 Å². The van der Waals surface area contributed by atoms with E-state index in [9.17, 15) is 4.79 Å². The molecule has 0 atom stereocenters. The maximum Gasteiger partial charge on any atom is 0.220 e. The summed E-state index contributed by atoms with van der Waals surface area (Å²) in [7, 11) is 0. The van der Waals surface area contributed by atoms with Gasteiger partial charge in [-0.05, 0) is 49.4 Å². The fourth-order valence-electron chi connectivity index (χ4n) is 2.56. The van der Waals surface area contributed by atoms with Gasteiger partial charge in [-0.25, -0.2) is 0 Å². The lowest BCUT2D eigenvalue weighted by Crippen LogP contribution is -2.25. The Morgan fingerprint density at radius 3 is 2.58 bits per heavy atom. The Labute approximate surface area is 150 Å². The van der Waals surface area contributed by atoms with Gasteiger partial charge in [-0.2, -0.15) is 11.8 Å². The predicted molar refractivity (Wildman–Crippen MR) is 105 cm³/mol. The van der Waals surface area contributed by atoms with Gasteiger partial charge >= 0.3 is 0 Å². The van der Waals surface area contributed by atoms with Crippen LogP contribution in [0, 0.1) is 20.8 Å². The Balaban J connectivity index is 1.60. The molecule has 2 aromatic rings. The third-order valence-electron chi connectivity index (χ3n) is 4.13. The number of hydrogen-bond acceptors (Lipinski definition) is 2. The minimum atomic E-state index is 0.143. The van der Waals surface area contributed by atoms with Gasteiger partial charge in [-0.3, -0.25) is 4.79 Å². The molecule has 0 fully saturated rings. The molecule has 0 unspecified atom stereocenters. The Morgan fingerprint density at radius 1 is 1.00 bits per heavy atom. The van der Waals surface area contributed by atoms with Crippen molar-refractivity contribution in [3.8, 4) is 0 Å². The average Bonchev–Trinajstić information content (AvgIpc) is 2.56. The van der Waals surface area contributed by atoms with E-state index in [4.69, 9.17) is 0 Å². The Bertz CT molecular complexity index is 681. The monoisotopic (exact) mass is 341 g/mol. The van der Waals surface area contributed by atoms with Crippen LogP contribution < -0.4 is 5.32 Å². The minimum Gasteiger partial charge on any atom is -0.355 e. The lowest BCUT2D eigenvalue weighted by molar-refractivity contribution is -0.120. The normalized spacial score (nSPS) is 10.6. The second-order valence-electron chi connectivity index (χ2n) is 6.31. The van der Waals surface area contributed by atoms with E-state index in [1.54, 1.807) is 0 Å². The van der Waals surface area contributed by atoms with Crippen LogP contribution in [0.1, 0.15) is 34.2 Å². The van der Waals surface area contributed by atoms with E-state index in [0.717, 1.165) is 24.5 Å². The zero-order valence-electron chi connectivity index (χ0n) is 14.9. The average molecular weight is 342 g/mol. The van der Waals surface area contributed by atoms with E-state index in [0.29, 0.717) is 6.42 Å². The molecule has 0 bridgehead atoms. The molecule has 0 radical (unpaired) electrons. The highest BCUT2D eigenvalue weighted by Crippen LogP contribution is 2.13. The largest absolute Gasteiger partial charge is 0.355 e. The number of thioether (sulfide) groups is 1. The van der Waals surface area contributed by atoms with Crippen molar-refractivity contribution in [2.24, 2.45) is 0 Å². The molecule has 0 aromatic heterocycles. The van der Waals surface area contributed by atoms with Gasteiger partial charge in [-0.15, -0.1) is 0 Å². The van der Waals surface area contributed by atoms with Crippen molar-refractivity contribution in [1.29, 1.82) is 0 Å². The van der Waals surface area contributed by atoms with Crippen LogP contribution in [0.25, 0.3) is 0 Å². The second kappa shape index (κ2) is 9.53. The van der Waals surface area contributed by atoms with E-state index < -0.39 is 0 Å². The van der Waals surface area contributed by atoms with Crippen LogP contribution in [0.2, 0.25) is 0 Å². The predicted octanol–water partition coefficient (Wildman–Crippen LogP) is 4.59. The Hall–Kier alpha value is -1.74. The third-order valence-corrected chi connectivity index (χ3v) is 5.16. The lowest BCUT2D eigenvalue weighted by Gasteiger charge is -2.07. The Morgan fingerprint density at radius 2 is 1.83 bits per heavy atom. The van der Waals surface area contributed by atoms with Crippen LogP contribution in [0.5, 0.6) is 0 Å². The zero-order chi connectivity index (χ0) is 17.4. The molecule has 0 aliphatic heterocycles. The first-order valence-corrected chi connectivity index (χ1v) is 9.66. The summed E-state index contributed by atoms with van der Waals surface area (Å²) in [5.74, 6) is 2.09. The molecule has 2 nitrogen and oxygen atoms in total. The number of nitrogens with one attached hydrogen (secondary N) is 1. The molecular formula is C21H27NOS. The smallest absolute Gasteiger partial charge is 0.220 e. The molecule has 0 heterocycles. The molecule has 0 saturated heterocycles. The summed E-state index contributed by atoms with van der Waals surface area (Å²) in [6.45, 7) is 7.08. The van der Waals surface area contributed by atoms with Crippen LogP contribution in [-0.4, -0.2) is 18.2 Å². The van der Waals surface area contributed by atoms with Gasteiger partial charge in [0.1, 0.15) is 0 Å². The molecule has 0 aliphatic rings. The van der Waals surface area contributed by atoms with Crippen LogP contribution >= 0.6 is 11.8 Å². The lowest BCUT2D eigenvalue weighted by atomic mass is 10.0. The van der Waals surface area contributed by atoms with Gasteiger partial charge in [-0.1, -0.05) is 48.0 Å². The van der Waals surface area contributed by atoms with Crippen molar-refractivity contribution in [1.82, 2.24) is 5.32 Å². The van der Waals surface area contributed by atoms with Gasteiger partial charge in [0.2, 0.25) is 5.91 Å². The van der Waals surface area contributed by atoms with E-state index in [1.165, 1.54) is 27.8 Å². The van der Waals surface area contributed by atoms with Crippen molar-refractivity contribution in [3.63, 3.8) is 0 Å². The van der Waals surface area contributed by atoms with Gasteiger partial charge in [0.05, 0.1) is 0 Å². The SMILES string of the molecule is Cc1cccc(CSCCNC(=O)CCc2ccc(C)c(C)c2)c1. The van der Waals surface area contributed by atoms with Crippen LogP contribution in [0.3, 0.4) is 0 Å². The highest BCUT2D eigenvalue weighted by atomic mass is 32.2. The van der Waals surface area contributed by atoms with Crippen molar-refractivity contribution in [2.45, 2.75) is 39.4 Å². The third kappa shape index (κ3) is 6.40. The highest BCUT2D eigenvalue weighted by molar-refractivity contribution is 7.98. The van der Waals surface area contributed by atoms with Crippen molar-refractivity contribution in [3.05, 3.63) is 70.3 Å². The second-order valence-corrected chi connectivity index (χ2v) is 7.42. The van der Waals surface area contributed by atoms with Crippen LogP contribution in [-0.2, 0) is 17.0 Å². The quantitative estimate of drug-likeness (QED) is 0.711. The summed E-state index contributed by atoms with van der Waals surface area (Å²) in [5.41, 5.74) is 6.48. The van der Waals surface area contributed by atoms with E-state index >= 15 is 0 Å². The van der Waals surface area contributed by atoms with E-state index in [-0.39, 0.29) is 5.91 Å². The number of amides is 1. The molecule has 1 N–H and O–H groups in total. The molecule has 2 aromatic carbocycles. The molecule has 24 heavy (non-hydrogen) atoms. The number of rotatable bonds is 8. The summed E-state index contributed by atoms with van der Waals surface area (Å²) in [4.78, 5) is 11.9. The van der Waals surface area contributed by atoms with E-state index in [2.05, 4.69) is 68.6 Å². The van der Waals surface area contributed by atoms with Crippen LogP contribution in [0.4, 0.5) is 0 Å². The fraction of sp³-hybridized carbons (Fsp3) is 0.381. The first-order chi connectivity index (χ1) is 11.5. The first-order valence-electron chi connectivity index (χ1n) is 8.51. The van der Waals surface area contributed by atoms with Gasteiger partial charge in [0, 0.05) is 24.5 Å². The number of hydrogen-bond donors (Lipinski definition) is 1. The fourth-order valence-corrected chi connectivity index (χ4v) is 3.37. The van der Waals surface area contributed by atoms with Gasteiger partial charge < -0.3 is 5.32 Å². The molecule has 2 rings (SSSR count). The number of aryl methyl sites for hydroxylation is 4. The number of carbonyl (C=O) groups is 1. The summed E-state index contributed by atoms with van der Waals surface area (Å²) in [5, 5.41) is 3.02. The van der Waals surface area contributed by atoms with Crippen molar-refractivity contribution in [2.75, 3.05) is 12.3 Å². The van der Waals surface area contributed by atoms with Crippen molar-refractivity contribution >= 4 is 17.7 Å². The Kier molecular flexibility index (Phi) is 7.38.